The molecule has 0 saturated carbocycles. The van der Waals surface area contributed by atoms with Crippen LogP contribution in [0.2, 0.25) is 15.1 Å². The molecule has 1 aliphatic heterocycles. The first-order valence-corrected chi connectivity index (χ1v) is 5.73. The minimum atomic E-state index is -0.174. The number of hydrogen-bond donors (Lipinski definition) is 1. The molecule has 1 heterocycles. The quantitative estimate of drug-likeness (QED) is 0.725. The zero-order chi connectivity index (χ0) is 11.2. The lowest BCUT2D eigenvalue weighted by atomic mass is 9.98. The van der Waals surface area contributed by atoms with E-state index in [1.807, 2.05) is 6.92 Å². The lowest BCUT2D eigenvalue weighted by Gasteiger charge is -2.29. The van der Waals surface area contributed by atoms with Crippen LogP contribution in [-0.2, 0) is 0 Å². The molecule has 5 heteroatoms. The molecule has 2 rings (SSSR count). The highest BCUT2D eigenvalue weighted by atomic mass is 35.5. The van der Waals surface area contributed by atoms with Crippen molar-refractivity contribution in [3.8, 4) is 5.75 Å². The normalized spacial score (nSPS) is 24.6. The van der Waals surface area contributed by atoms with Crippen LogP contribution in [0.4, 0.5) is 0 Å². The molecule has 82 valence electrons. The molecule has 1 aromatic carbocycles. The monoisotopic (exact) mass is 265 g/mol. The average molecular weight is 267 g/mol. The van der Waals surface area contributed by atoms with Crippen molar-refractivity contribution in [3.63, 3.8) is 0 Å². The summed E-state index contributed by atoms with van der Waals surface area (Å²) in [6.07, 6.45) is 0.755. The maximum Gasteiger partial charge on any atom is 0.144 e. The number of nitrogens with two attached hydrogens (primary N) is 1. The number of halogens is 3. The fourth-order valence-electron chi connectivity index (χ4n) is 1.77. The minimum absolute atomic E-state index is 0.0437. The van der Waals surface area contributed by atoms with Crippen molar-refractivity contribution >= 4 is 34.8 Å². The number of ether oxygens (including phenoxy) is 1. The smallest absolute Gasteiger partial charge is 0.144 e. The van der Waals surface area contributed by atoms with Gasteiger partial charge in [-0.15, -0.1) is 0 Å². The van der Waals surface area contributed by atoms with E-state index in [0.29, 0.717) is 32.8 Å². The van der Waals surface area contributed by atoms with Crippen molar-refractivity contribution in [1.82, 2.24) is 0 Å². The van der Waals surface area contributed by atoms with E-state index in [0.717, 1.165) is 0 Å². The Bertz CT molecular complexity index is 408. The third-order valence-electron chi connectivity index (χ3n) is 2.44. The molecule has 2 nitrogen and oxygen atoms in total. The van der Waals surface area contributed by atoms with E-state index in [1.54, 1.807) is 6.07 Å². The van der Waals surface area contributed by atoms with E-state index < -0.39 is 0 Å². The summed E-state index contributed by atoms with van der Waals surface area (Å²) in [5.74, 6) is 0.567. The number of hydrogen-bond acceptors (Lipinski definition) is 2. The van der Waals surface area contributed by atoms with Gasteiger partial charge in [0.1, 0.15) is 5.75 Å². The molecule has 2 atom stereocenters. The van der Waals surface area contributed by atoms with Crippen LogP contribution in [0.3, 0.4) is 0 Å². The van der Waals surface area contributed by atoms with Gasteiger partial charge in [0.25, 0.3) is 0 Å². The van der Waals surface area contributed by atoms with Crippen molar-refractivity contribution in [2.75, 3.05) is 0 Å². The van der Waals surface area contributed by atoms with Crippen LogP contribution in [0.1, 0.15) is 24.9 Å². The zero-order valence-electron chi connectivity index (χ0n) is 8.06. The van der Waals surface area contributed by atoms with Gasteiger partial charge in [-0.25, -0.2) is 0 Å². The van der Waals surface area contributed by atoms with E-state index in [4.69, 9.17) is 45.3 Å². The van der Waals surface area contributed by atoms with E-state index in [-0.39, 0.29) is 12.1 Å². The van der Waals surface area contributed by atoms with Crippen LogP contribution >= 0.6 is 34.8 Å². The van der Waals surface area contributed by atoms with Gasteiger partial charge in [0.15, 0.2) is 0 Å². The summed E-state index contributed by atoms with van der Waals surface area (Å²) in [6, 6.07) is 1.40. The fraction of sp³-hybridized carbons (Fsp3) is 0.400. The Morgan fingerprint density at radius 2 is 2.00 bits per heavy atom. The second-order valence-corrected chi connectivity index (χ2v) is 4.86. The van der Waals surface area contributed by atoms with Gasteiger partial charge in [0, 0.05) is 18.0 Å². The Kier molecular flexibility index (Phi) is 3.04. The highest BCUT2D eigenvalue weighted by Crippen LogP contribution is 2.45. The fourth-order valence-corrected chi connectivity index (χ4v) is 2.58. The maximum atomic E-state index is 6.08. The van der Waals surface area contributed by atoms with E-state index in [2.05, 4.69) is 0 Å². The number of fused-ring (bicyclic) bond motifs is 1. The Balaban J connectivity index is 2.63. The van der Waals surface area contributed by atoms with Gasteiger partial charge in [-0.3, -0.25) is 0 Å². The third-order valence-corrected chi connectivity index (χ3v) is 3.52. The molecule has 0 saturated heterocycles. The van der Waals surface area contributed by atoms with Crippen LogP contribution in [-0.4, -0.2) is 6.10 Å². The van der Waals surface area contributed by atoms with Crippen molar-refractivity contribution in [2.45, 2.75) is 25.5 Å². The largest absolute Gasteiger partial charge is 0.489 e. The van der Waals surface area contributed by atoms with Crippen molar-refractivity contribution in [2.24, 2.45) is 5.73 Å². The highest BCUT2D eigenvalue weighted by Gasteiger charge is 2.28. The number of rotatable bonds is 0. The molecule has 2 N–H and O–H groups in total. The second kappa shape index (κ2) is 4.02. The van der Waals surface area contributed by atoms with Crippen molar-refractivity contribution in [1.29, 1.82) is 0 Å². The van der Waals surface area contributed by atoms with Gasteiger partial charge in [-0.1, -0.05) is 34.8 Å². The summed E-state index contributed by atoms with van der Waals surface area (Å²) in [5.41, 5.74) is 6.71. The second-order valence-electron chi connectivity index (χ2n) is 3.67. The van der Waals surface area contributed by atoms with E-state index >= 15 is 0 Å². The highest BCUT2D eigenvalue weighted by molar-refractivity contribution is 6.44. The van der Waals surface area contributed by atoms with Gasteiger partial charge in [-0.2, -0.15) is 0 Å². The molecule has 1 aliphatic rings. The van der Waals surface area contributed by atoms with Crippen molar-refractivity contribution in [3.05, 3.63) is 26.7 Å². The molecule has 0 radical (unpaired) electrons. The van der Waals surface area contributed by atoms with Crippen LogP contribution in [0.5, 0.6) is 5.75 Å². The topological polar surface area (TPSA) is 35.2 Å². The first-order chi connectivity index (χ1) is 7.00. The summed E-state index contributed by atoms with van der Waals surface area (Å²) in [4.78, 5) is 0. The van der Waals surface area contributed by atoms with Crippen molar-refractivity contribution < 1.29 is 4.74 Å². The average Bonchev–Trinajstić information content (AvgIpc) is 2.13. The number of benzene rings is 1. The van der Waals surface area contributed by atoms with E-state index in [9.17, 15) is 0 Å². The van der Waals surface area contributed by atoms with Crippen LogP contribution < -0.4 is 10.5 Å². The summed E-state index contributed by atoms with van der Waals surface area (Å²) in [7, 11) is 0. The van der Waals surface area contributed by atoms with Crippen LogP contribution in [0, 0.1) is 0 Å². The molecule has 0 amide bonds. The molecule has 0 fully saturated rings. The van der Waals surface area contributed by atoms with Crippen LogP contribution in [0.15, 0.2) is 6.07 Å². The summed E-state index contributed by atoms with van der Waals surface area (Å²) >= 11 is 18.0. The molecule has 0 bridgehead atoms. The van der Waals surface area contributed by atoms with Gasteiger partial charge in [0.05, 0.1) is 21.2 Å². The summed E-state index contributed by atoms with van der Waals surface area (Å²) in [5, 5.41) is 1.31. The van der Waals surface area contributed by atoms with Gasteiger partial charge < -0.3 is 10.5 Å². The molecule has 0 aliphatic carbocycles. The SMILES string of the molecule is CC1CC(N)c2c(Cl)c(Cl)cc(Cl)c2O1. The first kappa shape index (κ1) is 11.3. The summed E-state index contributed by atoms with van der Waals surface area (Å²) in [6.45, 7) is 1.95. The zero-order valence-corrected chi connectivity index (χ0v) is 10.3. The molecule has 2 unspecified atom stereocenters. The minimum Gasteiger partial charge on any atom is -0.489 e. The predicted molar refractivity (Wildman–Crippen MR) is 63.1 cm³/mol. The lowest BCUT2D eigenvalue weighted by molar-refractivity contribution is 0.177. The van der Waals surface area contributed by atoms with Crippen LogP contribution in [0.25, 0.3) is 0 Å². The molecule has 15 heavy (non-hydrogen) atoms. The molecule has 1 aromatic rings. The lowest BCUT2D eigenvalue weighted by Crippen LogP contribution is -2.27. The van der Waals surface area contributed by atoms with Gasteiger partial charge >= 0.3 is 0 Å². The molecular formula is C10H10Cl3NO. The Labute approximate surface area is 103 Å². The molecule has 0 spiro atoms. The Morgan fingerprint density at radius 1 is 1.33 bits per heavy atom. The predicted octanol–water partition coefficient (Wildman–Crippen LogP) is 3.82. The van der Waals surface area contributed by atoms with Gasteiger partial charge in [0.2, 0.25) is 0 Å². The standard InChI is InChI=1S/C10H10Cl3NO/c1-4-2-7(14)8-9(13)5(11)3-6(12)10(8)15-4/h3-4,7H,2,14H2,1H3. The Morgan fingerprint density at radius 3 is 2.67 bits per heavy atom. The third kappa shape index (κ3) is 1.92. The maximum absolute atomic E-state index is 6.08. The molecular weight excluding hydrogens is 256 g/mol. The molecule has 0 aromatic heterocycles. The first-order valence-electron chi connectivity index (χ1n) is 4.60. The Hall–Kier alpha value is -0.150. The van der Waals surface area contributed by atoms with E-state index in [1.165, 1.54) is 0 Å². The summed E-state index contributed by atoms with van der Waals surface area (Å²) < 4.78 is 5.61. The van der Waals surface area contributed by atoms with Gasteiger partial charge in [-0.05, 0) is 13.0 Å².